The molecule has 9 nitrogen and oxygen atoms in total. The Hall–Kier alpha value is -3.23. The first-order chi connectivity index (χ1) is 11.1. The highest BCUT2D eigenvalue weighted by Crippen LogP contribution is 2.16. The molecule has 0 spiro atoms. The third kappa shape index (κ3) is 2.89. The van der Waals surface area contributed by atoms with Gasteiger partial charge in [-0.25, -0.2) is 9.48 Å². The molecule has 2 aromatic heterocycles. The van der Waals surface area contributed by atoms with Crippen molar-refractivity contribution in [1.29, 1.82) is 0 Å². The summed E-state index contributed by atoms with van der Waals surface area (Å²) in [7, 11) is 3.03. The summed E-state index contributed by atoms with van der Waals surface area (Å²) in [6, 6.07) is 8.54. The van der Waals surface area contributed by atoms with Gasteiger partial charge in [0.05, 0.1) is 11.4 Å². The number of ether oxygens (including phenoxy) is 1. The van der Waals surface area contributed by atoms with Crippen LogP contribution >= 0.6 is 0 Å². The van der Waals surface area contributed by atoms with Crippen molar-refractivity contribution in [1.82, 2.24) is 29.3 Å². The van der Waals surface area contributed by atoms with Crippen LogP contribution in [0.15, 0.2) is 46.2 Å². The molecule has 1 aromatic carbocycles. The van der Waals surface area contributed by atoms with Gasteiger partial charge in [0.25, 0.3) is 5.56 Å². The summed E-state index contributed by atoms with van der Waals surface area (Å²) in [6.45, 7) is 0.0981. The van der Waals surface area contributed by atoms with Gasteiger partial charge >= 0.3 is 5.69 Å². The monoisotopic (exact) mass is 314 g/mol. The van der Waals surface area contributed by atoms with E-state index in [-0.39, 0.29) is 12.2 Å². The fraction of sp³-hybridized carbons (Fsp3) is 0.214. The molecule has 0 atom stereocenters. The molecule has 2 heterocycles. The summed E-state index contributed by atoms with van der Waals surface area (Å²) in [5, 5.41) is 11.0. The van der Waals surface area contributed by atoms with Gasteiger partial charge in [-0.2, -0.15) is 0 Å². The molecule has 0 aliphatic carbocycles. The van der Waals surface area contributed by atoms with Gasteiger partial charge in [-0.05, 0) is 22.6 Å². The maximum Gasteiger partial charge on any atom is 0.330 e. The average molecular weight is 314 g/mol. The van der Waals surface area contributed by atoms with Crippen LogP contribution in [0.1, 0.15) is 5.69 Å². The van der Waals surface area contributed by atoms with E-state index in [0.717, 1.165) is 10.3 Å². The number of hydrogen-bond donors (Lipinski definition) is 0. The van der Waals surface area contributed by atoms with E-state index in [9.17, 15) is 9.59 Å². The molecule has 9 heteroatoms. The largest absolute Gasteiger partial charge is 0.487 e. The SMILES string of the molecule is Cn1c(COc2cccc(-n3cnnn3)c2)cc(=O)n(C)c1=O. The summed E-state index contributed by atoms with van der Waals surface area (Å²) in [4.78, 5) is 23.6. The topological polar surface area (TPSA) is 96.8 Å². The van der Waals surface area contributed by atoms with E-state index in [0.29, 0.717) is 11.4 Å². The van der Waals surface area contributed by atoms with E-state index in [4.69, 9.17) is 4.74 Å². The lowest BCUT2D eigenvalue weighted by Crippen LogP contribution is -2.38. The lowest BCUT2D eigenvalue weighted by molar-refractivity contribution is 0.293. The van der Waals surface area contributed by atoms with Crippen LogP contribution in [0.5, 0.6) is 5.75 Å². The Morgan fingerprint density at radius 1 is 1.13 bits per heavy atom. The Morgan fingerprint density at radius 3 is 2.70 bits per heavy atom. The molecule has 0 amide bonds. The molecule has 3 rings (SSSR count). The van der Waals surface area contributed by atoms with Crippen LogP contribution in [0.2, 0.25) is 0 Å². The van der Waals surface area contributed by atoms with E-state index in [2.05, 4.69) is 15.5 Å². The first kappa shape index (κ1) is 14.7. The second-order valence-corrected chi connectivity index (χ2v) is 4.91. The van der Waals surface area contributed by atoms with E-state index in [1.807, 2.05) is 6.07 Å². The minimum absolute atomic E-state index is 0.0981. The van der Waals surface area contributed by atoms with Crippen LogP contribution in [0.25, 0.3) is 5.69 Å². The van der Waals surface area contributed by atoms with Crippen molar-refractivity contribution < 1.29 is 4.74 Å². The molecule has 0 saturated heterocycles. The molecule has 0 fully saturated rings. The Kier molecular flexibility index (Phi) is 3.75. The van der Waals surface area contributed by atoms with Crippen LogP contribution in [0.4, 0.5) is 0 Å². The minimum Gasteiger partial charge on any atom is -0.487 e. The molecule has 0 aliphatic heterocycles. The third-order valence-electron chi connectivity index (χ3n) is 3.44. The van der Waals surface area contributed by atoms with Gasteiger partial charge in [0.2, 0.25) is 0 Å². The van der Waals surface area contributed by atoms with Crippen LogP contribution in [-0.4, -0.2) is 29.3 Å². The highest BCUT2D eigenvalue weighted by atomic mass is 16.5. The summed E-state index contributed by atoms with van der Waals surface area (Å²) < 4.78 is 9.60. The molecule has 118 valence electrons. The lowest BCUT2D eigenvalue weighted by atomic mass is 10.3. The highest BCUT2D eigenvalue weighted by Gasteiger charge is 2.07. The average Bonchev–Trinajstić information content (AvgIpc) is 3.10. The van der Waals surface area contributed by atoms with Gasteiger partial charge in [0.15, 0.2) is 0 Å². The molecule has 0 unspecified atom stereocenters. The number of hydrogen-bond acceptors (Lipinski definition) is 6. The number of rotatable bonds is 4. The predicted molar refractivity (Wildman–Crippen MR) is 80.4 cm³/mol. The second-order valence-electron chi connectivity index (χ2n) is 4.91. The predicted octanol–water partition coefficient (Wildman–Crippen LogP) is -0.361. The Labute approximate surface area is 130 Å². The van der Waals surface area contributed by atoms with E-state index < -0.39 is 5.69 Å². The van der Waals surface area contributed by atoms with Crippen LogP contribution in [0, 0.1) is 0 Å². The zero-order valence-electron chi connectivity index (χ0n) is 12.6. The van der Waals surface area contributed by atoms with Gasteiger partial charge in [-0.15, -0.1) is 5.10 Å². The first-order valence-corrected chi connectivity index (χ1v) is 6.78. The van der Waals surface area contributed by atoms with E-state index >= 15 is 0 Å². The van der Waals surface area contributed by atoms with Gasteiger partial charge in [0.1, 0.15) is 18.7 Å². The lowest BCUT2D eigenvalue weighted by Gasteiger charge is -2.11. The zero-order valence-corrected chi connectivity index (χ0v) is 12.6. The normalized spacial score (nSPS) is 10.7. The molecule has 0 saturated carbocycles. The smallest absolute Gasteiger partial charge is 0.330 e. The van der Waals surface area contributed by atoms with Crippen molar-refractivity contribution in [3.63, 3.8) is 0 Å². The van der Waals surface area contributed by atoms with Gasteiger partial charge in [-0.3, -0.25) is 13.9 Å². The molecule has 0 N–H and O–H groups in total. The van der Waals surface area contributed by atoms with Gasteiger partial charge < -0.3 is 4.74 Å². The Morgan fingerprint density at radius 2 is 1.96 bits per heavy atom. The van der Waals surface area contributed by atoms with Crippen LogP contribution in [-0.2, 0) is 20.7 Å². The van der Waals surface area contributed by atoms with Crippen molar-refractivity contribution >= 4 is 0 Å². The highest BCUT2D eigenvalue weighted by molar-refractivity contribution is 5.38. The molecule has 0 radical (unpaired) electrons. The minimum atomic E-state index is -0.390. The van der Waals surface area contributed by atoms with Crippen molar-refractivity contribution in [2.45, 2.75) is 6.61 Å². The molecule has 23 heavy (non-hydrogen) atoms. The quantitative estimate of drug-likeness (QED) is 0.652. The van der Waals surface area contributed by atoms with E-state index in [1.54, 1.807) is 25.2 Å². The summed E-state index contributed by atoms with van der Waals surface area (Å²) in [5.74, 6) is 0.575. The maximum atomic E-state index is 11.9. The summed E-state index contributed by atoms with van der Waals surface area (Å²) in [6.07, 6.45) is 1.48. The number of aromatic nitrogens is 6. The summed E-state index contributed by atoms with van der Waals surface area (Å²) in [5.41, 5.74) is 0.476. The van der Waals surface area contributed by atoms with Gasteiger partial charge in [0, 0.05) is 26.2 Å². The third-order valence-corrected chi connectivity index (χ3v) is 3.44. The van der Waals surface area contributed by atoms with Gasteiger partial charge in [-0.1, -0.05) is 6.07 Å². The fourth-order valence-electron chi connectivity index (χ4n) is 2.07. The van der Waals surface area contributed by atoms with Crippen molar-refractivity contribution in [2.24, 2.45) is 14.1 Å². The van der Waals surface area contributed by atoms with Crippen molar-refractivity contribution in [3.05, 3.63) is 63.2 Å². The molecular formula is C14H14N6O3. The van der Waals surface area contributed by atoms with Crippen molar-refractivity contribution in [2.75, 3.05) is 0 Å². The van der Waals surface area contributed by atoms with Crippen molar-refractivity contribution in [3.8, 4) is 11.4 Å². The molecule has 3 aromatic rings. The first-order valence-electron chi connectivity index (χ1n) is 6.78. The molecule has 0 bridgehead atoms. The maximum absolute atomic E-state index is 11.9. The molecular weight excluding hydrogens is 300 g/mol. The summed E-state index contributed by atoms with van der Waals surface area (Å²) >= 11 is 0. The zero-order chi connectivity index (χ0) is 16.4. The van der Waals surface area contributed by atoms with Crippen LogP contribution in [0.3, 0.4) is 0 Å². The fourth-order valence-corrected chi connectivity index (χ4v) is 2.07. The standard InChI is InChI=1S/C14H14N6O3/c1-18-11(7-13(21)19(2)14(18)22)8-23-12-5-3-4-10(6-12)20-9-15-16-17-20/h3-7,9H,8H2,1-2H3. The Bertz CT molecular complexity index is 942. The Balaban J connectivity index is 1.83. The second kappa shape index (κ2) is 5.87. The van der Waals surface area contributed by atoms with E-state index in [1.165, 1.54) is 28.7 Å². The number of tetrazole rings is 1. The molecule has 0 aliphatic rings. The number of benzene rings is 1. The number of nitrogens with zero attached hydrogens (tertiary/aromatic N) is 6. The van der Waals surface area contributed by atoms with Crippen LogP contribution < -0.4 is 16.0 Å².